The van der Waals surface area contributed by atoms with Crippen LogP contribution in [-0.4, -0.2) is 54.5 Å². The highest BCUT2D eigenvalue weighted by molar-refractivity contribution is 7.92. The highest BCUT2D eigenvalue weighted by atomic mass is 32.2. The number of alkyl halides is 3. The van der Waals surface area contributed by atoms with Crippen LogP contribution in [0.1, 0.15) is 35.3 Å². The summed E-state index contributed by atoms with van der Waals surface area (Å²) in [5.74, 6) is -4.19. The van der Waals surface area contributed by atoms with Crippen molar-refractivity contribution in [2.45, 2.75) is 12.7 Å². The quantitative estimate of drug-likeness (QED) is 0.408. The molecule has 1 amide bonds. The van der Waals surface area contributed by atoms with Gasteiger partial charge in [-0.1, -0.05) is 0 Å². The second kappa shape index (κ2) is 10.1. The van der Waals surface area contributed by atoms with E-state index < -0.39 is 89.0 Å². The summed E-state index contributed by atoms with van der Waals surface area (Å²) in [6, 6.07) is 0.544. The number of rotatable bonds is 8. The van der Waals surface area contributed by atoms with E-state index in [0.717, 1.165) is 24.5 Å². The Kier molecular flexibility index (Phi) is 4.35. The molecule has 2 heterocycles. The van der Waals surface area contributed by atoms with Gasteiger partial charge in [-0.05, 0) is 24.2 Å². The van der Waals surface area contributed by atoms with Crippen molar-refractivity contribution >= 4 is 39.2 Å². The van der Waals surface area contributed by atoms with Gasteiger partial charge < -0.3 is 16.0 Å². The first-order valence-electron chi connectivity index (χ1n) is 14.1. The number of anilines is 4. The van der Waals surface area contributed by atoms with Gasteiger partial charge in [-0.3, -0.25) is 14.1 Å². The van der Waals surface area contributed by atoms with Crippen LogP contribution in [0.15, 0.2) is 42.8 Å². The number of nitrogens with zero attached hydrogens (tertiary/aromatic N) is 5. The largest absolute Gasteiger partial charge is 0.421 e. The molecule has 35 heavy (non-hydrogen) atoms. The number of aromatic nitrogens is 4. The fourth-order valence-electron chi connectivity index (χ4n) is 2.37. The molecule has 15 heteroatoms. The topological polar surface area (TPSA) is 142 Å². The summed E-state index contributed by atoms with van der Waals surface area (Å²) in [5, 5.41) is 5.85. The third-order valence-corrected chi connectivity index (χ3v) is 4.77. The molecule has 0 bridgehead atoms. The third kappa shape index (κ3) is 6.32. The molecule has 3 rings (SSSR count). The first-order valence-corrected chi connectivity index (χ1v) is 10.9. The van der Waals surface area contributed by atoms with Crippen molar-refractivity contribution in [1.29, 1.82) is 0 Å². The molecule has 0 spiro atoms. The highest BCUT2D eigenvalue weighted by Gasteiger charge is 2.35. The Bertz CT molecular complexity index is 1700. The lowest BCUT2D eigenvalue weighted by Gasteiger charge is -2.19. The monoisotopic (exact) mass is 520 g/mol. The fourth-order valence-corrected chi connectivity index (χ4v) is 2.81. The van der Waals surface area contributed by atoms with E-state index in [1.54, 1.807) is 5.32 Å². The minimum atomic E-state index is -5.18. The van der Waals surface area contributed by atoms with Gasteiger partial charge in [-0.2, -0.15) is 18.2 Å². The van der Waals surface area contributed by atoms with Gasteiger partial charge in [0.05, 0.1) is 18.2 Å². The van der Waals surface area contributed by atoms with Crippen LogP contribution in [0.4, 0.5) is 36.4 Å². The molecular weight excluding hydrogens is 489 g/mol. The predicted octanol–water partition coefficient (Wildman–Crippen LogP) is 2.40. The van der Waals surface area contributed by atoms with Crippen LogP contribution in [0.25, 0.3) is 0 Å². The lowest BCUT2D eigenvalue weighted by Crippen LogP contribution is -2.27. The first kappa shape index (κ1) is 15.1. The molecule has 0 unspecified atom stereocenters. The zero-order chi connectivity index (χ0) is 34.3. The van der Waals surface area contributed by atoms with E-state index in [2.05, 4.69) is 25.3 Å². The summed E-state index contributed by atoms with van der Waals surface area (Å²) in [5.41, 5.74) is -3.48. The number of carbonyl (C=O) groups excluding carboxylic acids is 1. The van der Waals surface area contributed by atoms with E-state index in [9.17, 15) is 26.4 Å². The van der Waals surface area contributed by atoms with Crippen molar-refractivity contribution in [2.75, 3.05) is 35.1 Å². The van der Waals surface area contributed by atoms with Crippen molar-refractivity contribution < 1.29 is 40.1 Å². The maximum Gasteiger partial charge on any atom is 0.421 e. The third-order valence-electron chi connectivity index (χ3n) is 3.94. The second-order valence-corrected chi connectivity index (χ2v) is 8.28. The minimum Gasteiger partial charge on any atom is -0.364 e. The fraction of sp³-hybridized carbons (Fsp3) is 0.250. The molecule has 0 fully saturated rings. The van der Waals surface area contributed by atoms with Crippen LogP contribution in [0.5, 0.6) is 0 Å². The second-order valence-electron chi connectivity index (χ2n) is 6.45. The molecule has 0 saturated heterocycles. The summed E-state index contributed by atoms with van der Waals surface area (Å²) in [4.78, 5) is 26.6. The van der Waals surface area contributed by atoms with Gasteiger partial charge in [0, 0.05) is 52.0 Å². The number of hydrogen-bond acceptors (Lipinski definition) is 9. The van der Waals surface area contributed by atoms with Gasteiger partial charge in [0.1, 0.15) is 17.1 Å². The summed E-state index contributed by atoms with van der Waals surface area (Å²) in [6.45, 7) is -9.62. The van der Waals surface area contributed by atoms with Gasteiger partial charge in [0.2, 0.25) is 16.0 Å². The van der Waals surface area contributed by atoms with Gasteiger partial charge in [0.15, 0.2) is 5.82 Å². The standard InChI is InChI=1S/C20H21F3N8O3S/c1-24-18(32)12-4-6-13(7-5-12)29-19-28-10-14(20(21,22)23)16(30-19)27-11-15-17(26-9-8-25-15)31(2)35(3,33)34/h4-10H,11H2,1-3H3,(H,24,32)(H2,27,28,29,30)/i1D3,2D3,4D,5D,11D2. The predicted molar refractivity (Wildman–Crippen MR) is 123 cm³/mol. The number of amides is 1. The number of benzene rings is 1. The van der Waals surface area contributed by atoms with Crippen LogP contribution in [0.2, 0.25) is 0 Å². The molecule has 0 atom stereocenters. The highest BCUT2D eigenvalue weighted by Crippen LogP contribution is 2.34. The number of nitrogens with one attached hydrogen (secondary N) is 3. The number of hydrogen-bond donors (Lipinski definition) is 3. The van der Waals surface area contributed by atoms with E-state index in [0.29, 0.717) is 6.26 Å². The summed E-state index contributed by atoms with van der Waals surface area (Å²) < 4.78 is 143. The number of carbonyl (C=O) groups is 1. The molecule has 2 aromatic heterocycles. The molecule has 11 nitrogen and oxygen atoms in total. The molecule has 0 saturated carbocycles. The zero-order valence-corrected chi connectivity index (χ0v) is 18.2. The lowest BCUT2D eigenvalue weighted by atomic mass is 10.2. The van der Waals surface area contributed by atoms with E-state index in [4.69, 9.17) is 13.7 Å². The van der Waals surface area contributed by atoms with Crippen molar-refractivity contribution in [1.82, 2.24) is 25.3 Å². The molecule has 1 aromatic carbocycles. The summed E-state index contributed by atoms with van der Waals surface area (Å²) >= 11 is 0. The SMILES string of the molecule is [2H]c1cc(Nc2ncc(C(F)(F)F)c(NC([2H])([2H])c3nccnc3N(C([2H])([2H])[2H])S(C)(=O)=O)n2)cc([2H])c1C(=O)NC([2H])([2H])[2H]. The van der Waals surface area contributed by atoms with Gasteiger partial charge >= 0.3 is 6.18 Å². The van der Waals surface area contributed by atoms with Crippen LogP contribution in [-0.2, 0) is 22.7 Å². The van der Waals surface area contributed by atoms with E-state index >= 15 is 0 Å². The maximum atomic E-state index is 13.9. The van der Waals surface area contributed by atoms with E-state index in [1.165, 1.54) is 0 Å². The average molecular weight is 521 g/mol. The van der Waals surface area contributed by atoms with Crippen molar-refractivity contribution in [2.24, 2.45) is 0 Å². The molecule has 3 N–H and O–H groups in total. The number of halogens is 3. The molecule has 0 aliphatic heterocycles. The van der Waals surface area contributed by atoms with Gasteiger partial charge in [0.25, 0.3) is 5.91 Å². The Hall–Kier alpha value is -4.01. The van der Waals surface area contributed by atoms with Gasteiger partial charge in [-0.25, -0.2) is 18.4 Å². The Balaban J connectivity index is 2.07. The zero-order valence-electron chi connectivity index (χ0n) is 27.4. The van der Waals surface area contributed by atoms with Crippen molar-refractivity contribution in [3.05, 3.63) is 59.6 Å². The molecule has 3 aromatic rings. The van der Waals surface area contributed by atoms with Crippen molar-refractivity contribution in [3.8, 4) is 0 Å². The summed E-state index contributed by atoms with van der Waals surface area (Å²) in [6.07, 6.45) is -2.76. The van der Waals surface area contributed by atoms with Crippen LogP contribution < -0.4 is 20.3 Å². The Morgan fingerprint density at radius 1 is 1.23 bits per heavy atom. The van der Waals surface area contributed by atoms with Crippen LogP contribution in [0.3, 0.4) is 0 Å². The Morgan fingerprint density at radius 2 is 1.94 bits per heavy atom. The molecular formula is C20H21F3N8O3S. The van der Waals surface area contributed by atoms with Crippen LogP contribution in [0, 0.1) is 0 Å². The molecule has 0 radical (unpaired) electrons. The molecule has 186 valence electrons. The van der Waals surface area contributed by atoms with Gasteiger partial charge in [-0.15, -0.1) is 0 Å². The first-order chi connectivity index (χ1) is 20.3. The molecule has 0 aliphatic carbocycles. The summed E-state index contributed by atoms with van der Waals surface area (Å²) in [7, 11) is -4.65. The lowest BCUT2D eigenvalue weighted by molar-refractivity contribution is -0.137. The van der Waals surface area contributed by atoms with E-state index in [1.807, 2.05) is 5.32 Å². The minimum absolute atomic E-state index is 0.207. The average Bonchev–Trinajstić information content (AvgIpc) is 2.80. The Labute approximate surface area is 212 Å². The smallest absolute Gasteiger partial charge is 0.364 e. The van der Waals surface area contributed by atoms with E-state index in [-0.39, 0.29) is 16.2 Å². The maximum absolute atomic E-state index is 13.9. The Morgan fingerprint density at radius 3 is 2.57 bits per heavy atom. The molecule has 0 aliphatic rings. The van der Waals surface area contributed by atoms with Crippen molar-refractivity contribution in [3.63, 3.8) is 0 Å². The normalized spacial score (nSPS) is 16.9. The van der Waals surface area contributed by atoms with Crippen LogP contribution >= 0.6 is 0 Å². The number of sulfonamides is 1.